The fraction of sp³-hybridized carbons (Fsp3) is 0.560. The molecule has 0 aliphatic carbocycles. The monoisotopic (exact) mass is 438 g/mol. The lowest BCUT2D eigenvalue weighted by molar-refractivity contribution is -0.133. The second kappa shape index (κ2) is 8.96. The van der Waals surface area contributed by atoms with Crippen molar-refractivity contribution in [1.82, 2.24) is 19.6 Å². The van der Waals surface area contributed by atoms with Gasteiger partial charge in [0, 0.05) is 51.8 Å². The molecule has 0 bridgehead atoms. The Morgan fingerprint density at radius 3 is 2.50 bits per heavy atom. The van der Waals surface area contributed by atoms with E-state index in [1.165, 1.54) is 11.1 Å². The van der Waals surface area contributed by atoms with Crippen molar-refractivity contribution in [2.75, 3.05) is 19.6 Å². The van der Waals surface area contributed by atoms with Crippen LogP contribution in [0.25, 0.3) is 0 Å². The van der Waals surface area contributed by atoms with E-state index in [0.29, 0.717) is 38.5 Å². The molecule has 3 heterocycles. The number of ether oxygens (including phenoxy) is 1. The normalized spacial score (nSPS) is 19.6. The molecule has 2 aliphatic rings. The summed E-state index contributed by atoms with van der Waals surface area (Å²) in [6, 6.07) is 8.40. The van der Waals surface area contributed by atoms with E-state index in [4.69, 9.17) is 4.74 Å². The van der Waals surface area contributed by atoms with E-state index in [0.717, 1.165) is 18.4 Å². The van der Waals surface area contributed by atoms with Crippen molar-refractivity contribution < 1.29 is 14.3 Å². The number of benzene rings is 1. The van der Waals surface area contributed by atoms with Crippen molar-refractivity contribution in [1.29, 1.82) is 0 Å². The van der Waals surface area contributed by atoms with Gasteiger partial charge < -0.3 is 14.5 Å². The highest BCUT2D eigenvalue weighted by molar-refractivity contribution is 5.77. The molecule has 1 aromatic heterocycles. The van der Waals surface area contributed by atoms with Gasteiger partial charge in [0.05, 0.1) is 6.20 Å². The lowest BCUT2D eigenvalue weighted by atomic mass is 9.85. The summed E-state index contributed by atoms with van der Waals surface area (Å²) in [5.74, 6) is 0.644. The molecule has 2 aliphatic heterocycles. The van der Waals surface area contributed by atoms with Crippen LogP contribution in [0.4, 0.5) is 4.79 Å². The number of carbonyl (C=O) groups is 2. The zero-order chi connectivity index (χ0) is 22.9. The Bertz CT molecular complexity index is 970. The number of rotatable bonds is 3. The minimum Gasteiger partial charge on any atom is -0.444 e. The van der Waals surface area contributed by atoms with Crippen LogP contribution in [-0.2, 0) is 23.1 Å². The fourth-order valence-corrected chi connectivity index (χ4v) is 4.72. The molecule has 7 nitrogen and oxygen atoms in total. The van der Waals surface area contributed by atoms with Gasteiger partial charge in [0.2, 0.25) is 5.91 Å². The Morgan fingerprint density at radius 2 is 1.84 bits per heavy atom. The quantitative estimate of drug-likeness (QED) is 0.728. The van der Waals surface area contributed by atoms with Gasteiger partial charge in [0.25, 0.3) is 0 Å². The zero-order valence-electron chi connectivity index (χ0n) is 19.6. The van der Waals surface area contributed by atoms with Crippen LogP contribution in [0.3, 0.4) is 0 Å². The van der Waals surface area contributed by atoms with Gasteiger partial charge in [-0.05, 0) is 56.2 Å². The number of fused-ring (bicyclic) bond motifs is 1. The van der Waals surface area contributed by atoms with Crippen LogP contribution in [0, 0.1) is 5.92 Å². The Balaban J connectivity index is 1.38. The van der Waals surface area contributed by atoms with Gasteiger partial charge in [-0.25, -0.2) is 4.79 Å². The molecule has 2 aromatic rings. The molecule has 0 spiro atoms. The van der Waals surface area contributed by atoms with Crippen LogP contribution < -0.4 is 0 Å². The van der Waals surface area contributed by atoms with E-state index in [2.05, 4.69) is 23.3 Å². The molecule has 7 heteroatoms. The lowest BCUT2D eigenvalue weighted by Crippen LogP contribution is -2.43. The minimum absolute atomic E-state index is 0.145. The average molecular weight is 439 g/mol. The maximum atomic E-state index is 13.3. The number of aryl methyl sites for hydroxylation is 1. The first kappa shape index (κ1) is 22.4. The summed E-state index contributed by atoms with van der Waals surface area (Å²) < 4.78 is 7.30. The van der Waals surface area contributed by atoms with Crippen LogP contribution in [0.2, 0.25) is 0 Å². The molecule has 4 rings (SSSR count). The molecule has 0 saturated carbocycles. The fourth-order valence-electron chi connectivity index (χ4n) is 4.72. The highest BCUT2D eigenvalue weighted by atomic mass is 16.6. The molecule has 172 valence electrons. The summed E-state index contributed by atoms with van der Waals surface area (Å²) in [5, 5.41) is 4.34. The smallest absolute Gasteiger partial charge is 0.410 e. The molecule has 32 heavy (non-hydrogen) atoms. The highest BCUT2D eigenvalue weighted by Crippen LogP contribution is 2.34. The average Bonchev–Trinajstić information content (AvgIpc) is 3.18. The first-order valence-electron chi connectivity index (χ1n) is 11.5. The number of nitrogens with zero attached hydrogens (tertiary/aromatic N) is 4. The number of hydrogen-bond donors (Lipinski definition) is 0. The van der Waals surface area contributed by atoms with E-state index < -0.39 is 5.60 Å². The number of hydrogen-bond acceptors (Lipinski definition) is 4. The van der Waals surface area contributed by atoms with Gasteiger partial charge in [-0.15, -0.1) is 0 Å². The van der Waals surface area contributed by atoms with Crippen molar-refractivity contribution in [2.24, 2.45) is 13.0 Å². The number of amides is 2. The van der Waals surface area contributed by atoms with Gasteiger partial charge in [0.15, 0.2) is 0 Å². The standard InChI is InChI=1S/C25H34N4O3/c1-25(2,3)32-24(31)28-11-9-18(10-12-28)13-23(30)29-16-19-7-5-6-8-21(19)22(17-29)20-14-26-27(4)15-20/h5-8,14-15,18,22H,9-13,16-17H2,1-4H3. The summed E-state index contributed by atoms with van der Waals surface area (Å²) in [7, 11) is 1.92. The van der Waals surface area contributed by atoms with Gasteiger partial charge >= 0.3 is 6.09 Å². The second-order valence-electron chi connectivity index (χ2n) is 10.1. The van der Waals surface area contributed by atoms with Crippen molar-refractivity contribution in [3.8, 4) is 0 Å². The van der Waals surface area contributed by atoms with Gasteiger partial charge in [-0.3, -0.25) is 9.48 Å². The molecule has 1 saturated heterocycles. The van der Waals surface area contributed by atoms with E-state index in [1.54, 1.807) is 4.90 Å². The van der Waals surface area contributed by atoms with Crippen LogP contribution in [0.1, 0.15) is 62.6 Å². The van der Waals surface area contributed by atoms with E-state index in [9.17, 15) is 9.59 Å². The molecule has 1 unspecified atom stereocenters. The summed E-state index contributed by atoms with van der Waals surface area (Å²) >= 11 is 0. The van der Waals surface area contributed by atoms with Gasteiger partial charge in [-0.1, -0.05) is 24.3 Å². The Kier molecular flexibility index (Phi) is 6.26. The van der Waals surface area contributed by atoms with E-state index >= 15 is 0 Å². The molecule has 1 aromatic carbocycles. The number of carbonyl (C=O) groups excluding carboxylic acids is 2. The molecule has 0 N–H and O–H groups in total. The third kappa shape index (κ3) is 5.14. The van der Waals surface area contributed by atoms with Gasteiger partial charge in [0.1, 0.15) is 5.60 Å². The number of aromatic nitrogens is 2. The predicted octanol–water partition coefficient (Wildman–Crippen LogP) is 3.93. The van der Waals surface area contributed by atoms with Crippen molar-refractivity contribution in [3.05, 3.63) is 53.3 Å². The molecular weight excluding hydrogens is 404 g/mol. The number of likely N-dealkylation sites (tertiary alicyclic amines) is 1. The maximum Gasteiger partial charge on any atom is 0.410 e. The van der Waals surface area contributed by atoms with Crippen LogP contribution in [0.5, 0.6) is 0 Å². The third-order valence-electron chi connectivity index (χ3n) is 6.40. The molecule has 1 atom stereocenters. The Morgan fingerprint density at radius 1 is 1.12 bits per heavy atom. The Hall–Kier alpha value is -2.83. The van der Waals surface area contributed by atoms with Gasteiger partial charge in [-0.2, -0.15) is 5.10 Å². The van der Waals surface area contributed by atoms with E-state index in [-0.39, 0.29) is 17.9 Å². The first-order chi connectivity index (χ1) is 15.2. The molecule has 0 radical (unpaired) electrons. The molecular formula is C25H34N4O3. The van der Waals surface area contributed by atoms with E-state index in [1.807, 2.05) is 55.9 Å². The summed E-state index contributed by atoms with van der Waals surface area (Å²) in [4.78, 5) is 29.3. The van der Waals surface area contributed by atoms with Crippen LogP contribution in [0.15, 0.2) is 36.7 Å². The highest BCUT2D eigenvalue weighted by Gasteiger charge is 2.32. The second-order valence-corrected chi connectivity index (χ2v) is 10.1. The predicted molar refractivity (Wildman–Crippen MR) is 122 cm³/mol. The minimum atomic E-state index is -0.487. The molecule has 1 fully saturated rings. The van der Waals surface area contributed by atoms with Crippen molar-refractivity contribution in [2.45, 2.75) is 58.1 Å². The lowest BCUT2D eigenvalue weighted by Gasteiger charge is -2.37. The Labute approximate surface area is 190 Å². The van der Waals surface area contributed by atoms with Crippen LogP contribution >= 0.6 is 0 Å². The van der Waals surface area contributed by atoms with Crippen LogP contribution in [-0.4, -0.2) is 56.8 Å². The largest absolute Gasteiger partial charge is 0.444 e. The topological polar surface area (TPSA) is 67.7 Å². The van der Waals surface area contributed by atoms with Crippen molar-refractivity contribution in [3.63, 3.8) is 0 Å². The summed E-state index contributed by atoms with van der Waals surface area (Å²) in [5.41, 5.74) is 3.15. The molecule has 2 amide bonds. The van der Waals surface area contributed by atoms with Crippen molar-refractivity contribution >= 4 is 12.0 Å². The third-order valence-corrected chi connectivity index (χ3v) is 6.40. The summed E-state index contributed by atoms with van der Waals surface area (Å²) in [6.45, 7) is 8.27. The zero-order valence-corrected chi connectivity index (χ0v) is 19.6. The first-order valence-corrected chi connectivity index (χ1v) is 11.5. The summed E-state index contributed by atoms with van der Waals surface area (Å²) in [6.07, 6.45) is 5.89. The maximum absolute atomic E-state index is 13.3. The SMILES string of the molecule is Cn1cc(C2CN(C(=O)CC3CCN(C(=O)OC(C)(C)C)CC3)Cc3ccccc32)cn1. The number of piperidine rings is 1.